The average molecular weight is 314 g/mol. The molecule has 1 aromatic rings. The Morgan fingerprint density at radius 3 is 2.45 bits per heavy atom. The summed E-state index contributed by atoms with van der Waals surface area (Å²) in [4.78, 5) is 0.508. The van der Waals surface area contributed by atoms with Gasteiger partial charge in [-0.1, -0.05) is 39.1 Å². The lowest BCUT2D eigenvalue weighted by Gasteiger charge is -2.22. The fourth-order valence-electron chi connectivity index (χ4n) is 1.58. The van der Waals surface area contributed by atoms with Gasteiger partial charge in [0.15, 0.2) is 0 Å². The molecule has 0 heterocycles. The summed E-state index contributed by atoms with van der Waals surface area (Å²) >= 11 is 4.91. The summed E-state index contributed by atoms with van der Waals surface area (Å²) in [6.07, 6.45) is 0.898. The first-order valence-corrected chi connectivity index (χ1v) is 8.38. The number of hydrogen-bond acceptors (Lipinski definition) is 3. The average Bonchev–Trinajstić information content (AvgIpc) is 2.36. The monoisotopic (exact) mass is 314 g/mol. The van der Waals surface area contributed by atoms with Crippen molar-refractivity contribution in [3.8, 4) is 0 Å². The van der Waals surface area contributed by atoms with Gasteiger partial charge in [-0.25, -0.2) is 13.1 Å². The second-order valence-corrected chi connectivity index (χ2v) is 7.89. The molecule has 1 rings (SSSR count). The summed E-state index contributed by atoms with van der Waals surface area (Å²) in [5.74, 6) is 0. The van der Waals surface area contributed by atoms with Crippen molar-refractivity contribution in [3.05, 3.63) is 29.3 Å². The van der Waals surface area contributed by atoms with Gasteiger partial charge in [-0.3, -0.25) is 0 Å². The first-order valence-electron chi connectivity index (χ1n) is 6.49. The lowest BCUT2D eigenvalue weighted by Crippen LogP contribution is -2.33. The maximum Gasteiger partial charge on any atom is 0.240 e. The van der Waals surface area contributed by atoms with Gasteiger partial charge in [0.25, 0.3) is 0 Å². The predicted molar refractivity (Wildman–Crippen MR) is 86.3 cm³/mol. The van der Waals surface area contributed by atoms with Gasteiger partial charge in [-0.15, -0.1) is 0 Å². The molecule has 3 N–H and O–H groups in total. The Hall–Kier alpha value is -0.980. The van der Waals surface area contributed by atoms with E-state index in [-0.39, 0.29) is 15.3 Å². The quantitative estimate of drug-likeness (QED) is 0.791. The molecule has 0 radical (unpaired) electrons. The minimum absolute atomic E-state index is 0.0686. The third kappa shape index (κ3) is 4.26. The van der Waals surface area contributed by atoms with E-state index in [2.05, 4.69) is 4.72 Å². The van der Waals surface area contributed by atoms with E-state index in [1.54, 1.807) is 19.1 Å². The third-order valence-electron chi connectivity index (χ3n) is 3.47. The zero-order valence-corrected chi connectivity index (χ0v) is 14.0. The van der Waals surface area contributed by atoms with Crippen molar-refractivity contribution in [1.29, 1.82) is 0 Å². The van der Waals surface area contributed by atoms with E-state index in [1.807, 2.05) is 20.8 Å². The van der Waals surface area contributed by atoms with E-state index >= 15 is 0 Å². The Labute approximate surface area is 126 Å². The van der Waals surface area contributed by atoms with Gasteiger partial charge < -0.3 is 5.73 Å². The molecule has 0 aliphatic rings. The molecule has 0 aliphatic heterocycles. The van der Waals surface area contributed by atoms with Gasteiger partial charge in [-0.05, 0) is 36.5 Å². The first-order chi connectivity index (χ1) is 9.09. The number of sulfonamides is 1. The molecule has 0 aliphatic carbocycles. The summed E-state index contributed by atoms with van der Waals surface area (Å²) < 4.78 is 27.2. The molecule has 0 fully saturated rings. The Balaban J connectivity index is 2.99. The van der Waals surface area contributed by atoms with Crippen LogP contribution in [0.15, 0.2) is 23.1 Å². The summed E-state index contributed by atoms with van der Waals surface area (Å²) in [7, 11) is -3.50. The van der Waals surface area contributed by atoms with Gasteiger partial charge in [0.1, 0.15) is 4.99 Å². The van der Waals surface area contributed by atoms with Crippen LogP contribution in [0.4, 0.5) is 0 Å². The van der Waals surface area contributed by atoms with Gasteiger partial charge in [-0.2, -0.15) is 0 Å². The molecule has 0 bridgehead atoms. The van der Waals surface area contributed by atoms with Gasteiger partial charge in [0, 0.05) is 12.1 Å². The second kappa shape index (κ2) is 6.20. The van der Waals surface area contributed by atoms with Crippen LogP contribution in [0.2, 0.25) is 0 Å². The van der Waals surface area contributed by atoms with E-state index in [1.165, 1.54) is 6.07 Å². The summed E-state index contributed by atoms with van der Waals surface area (Å²) in [6, 6.07) is 4.77. The van der Waals surface area contributed by atoms with Gasteiger partial charge in [0.05, 0.1) is 4.90 Å². The van der Waals surface area contributed by atoms with E-state index in [9.17, 15) is 8.42 Å². The molecule has 0 unspecified atom stereocenters. The highest BCUT2D eigenvalue weighted by molar-refractivity contribution is 7.89. The number of aryl methyl sites for hydroxylation is 1. The molecular weight excluding hydrogens is 292 g/mol. The molecule has 0 atom stereocenters. The van der Waals surface area contributed by atoms with Crippen LogP contribution < -0.4 is 10.5 Å². The summed E-state index contributed by atoms with van der Waals surface area (Å²) in [5.41, 5.74) is 6.97. The lowest BCUT2D eigenvalue weighted by molar-refractivity contribution is 0.350. The summed E-state index contributed by atoms with van der Waals surface area (Å²) in [5, 5.41) is 0. The molecule has 0 spiro atoms. The van der Waals surface area contributed by atoms with Crippen LogP contribution in [0, 0.1) is 12.3 Å². The van der Waals surface area contributed by atoms with E-state index in [0.717, 1.165) is 12.0 Å². The number of nitrogens with two attached hydrogens (primary N) is 1. The van der Waals surface area contributed by atoms with Crippen LogP contribution in [0.1, 0.15) is 38.3 Å². The van der Waals surface area contributed by atoms with Crippen molar-refractivity contribution in [2.45, 2.75) is 39.0 Å². The largest absolute Gasteiger partial charge is 0.389 e. The summed E-state index contributed by atoms with van der Waals surface area (Å²) in [6.45, 7) is 8.29. The van der Waals surface area contributed by atoms with Crippen molar-refractivity contribution in [2.24, 2.45) is 11.1 Å². The Bertz CT molecular complexity index is 608. The van der Waals surface area contributed by atoms with Crippen molar-refractivity contribution in [1.82, 2.24) is 4.72 Å². The van der Waals surface area contributed by atoms with Crippen LogP contribution in [-0.2, 0) is 10.0 Å². The lowest BCUT2D eigenvalue weighted by atomic mass is 9.91. The van der Waals surface area contributed by atoms with E-state index in [0.29, 0.717) is 12.1 Å². The predicted octanol–water partition coefficient (Wildman–Crippen LogP) is 2.34. The molecule has 20 heavy (non-hydrogen) atoms. The number of nitrogens with one attached hydrogen (secondary N) is 1. The van der Waals surface area contributed by atoms with Crippen LogP contribution in [0.25, 0.3) is 0 Å². The molecule has 6 heteroatoms. The molecular formula is C14H22N2O2S2. The first kappa shape index (κ1) is 17.1. The van der Waals surface area contributed by atoms with Crippen LogP contribution in [0.3, 0.4) is 0 Å². The molecule has 0 aromatic heterocycles. The number of thiocarbonyl (C=S) groups is 1. The van der Waals surface area contributed by atoms with Crippen LogP contribution >= 0.6 is 12.2 Å². The Morgan fingerprint density at radius 1 is 1.40 bits per heavy atom. The molecule has 112 valence electrons. The van der Waals surface area contributed by atoms with E-state index < -0.39 is 10.0 Å². The van der Waals surface area contributed by atoms with Crippen molar-refractivity contribution in [3.63, 3.8) is 0 Å². The van der Waals surface area contributed by atoms with Gasteiger partial charge >= 0.3 is 0 Å². The normalized spacial score (nSPS) is 12.4. The molecule has 0 saturated carbocycles. The molecule has 4 nitrogen and oxygen atoms in total. The Kier molecular flexibility index (Phi) is 5.29. The third-order valence-corrected chi connectivity index (χ3v) is 5.09. The molecule has 0 amide bonds. The topological polar surface area (TPSA) is 72.2 Å². The minimum atomic E-state index is -3.50. The highest BCUT2D eigenvalue weighted by atomic mass is 32.2. The fourth-order valence-corrected chi connectivity index (χ4v) is 3.13. The SMILES string of the molecule is CCC(C)(C)CNS(=O)(=O)c1ccc(C(N)=S)c(C)c1. The molecule has 1 aromatic carbocycles. The minimum Gasteiger partial charge on any atom is -0.389 e. The van der Waals surface area contributed by atoms with Crippen molar-refractivity contribution < 1.29 is 8.42 Å². The second-order valence-electron chi connectivity index (χ2n) is 5.68. The Morgan fingerprint density at radius 2 is 2.00 bits per heavy atom. The number of benzene rings is 1. The number of rotatable bonds is 6. The zero-order chi connectivity index (χ0) is 15.6. The van der Waals surface area contributed by atoms with E-state index in [4.69, 9.17) is 18.0 Å². The number of hydrogen-bond donors (Lipinski definition) is 2. The fraction of sp³-hybridized carbons (Fsp3) is 0.500. The van der Waals surface area contributed by atoms with Crippen molar-refractivity contribution >= 4 is 27.2 Å². The smallest absolute Gasteiger partial charge is 0.240 e. The highest BCUT2D eigenvalue weighted by Crippen LogP contribution is 2.20. The van der Waals surface area contributed by atoms with Crippen molar-refractivity contribution in [2.75, 3.05) is 6.54 Å². The molecule has 0 saturated heterocycles. The van der Waals surface area contributed by atoms with Crippen LogP contribution in [0.5, 0.6) is 0 Å². The highest BCUT2D eigenvalue weighted by Gasteiger charge is 2.21. The van der Waals surface area contributed by atoms with Crippen LogP contribution in [-0.4, -0.2) is 20.0 Å². The van der Waals surface area contributed by atoms with Gasteiger partial charge in [0.2, 0.25) is 10.0 Å². The maximum absolute atomic E-state index is 12.3. The standard InChI is InChI=1S/C14H22N2O2S2/c1-5-14(3,4)9-16-20(17,18)11-6-7-12(13(15)19)10(2)8-11/h6-8,16H,5,9H2,1-4H3,(H2,15,19). The zero-order valence-electron chi connectivity index (χ0n) is 12.4. The maximum atomic E-state index is 12.3.